The first-order chi connectivity index (χ1) is 12.3. The van der Waals surface area contributed by atoms with Crippen molar-refractivity contribution in [3.8, 4) is 0 Å². The van der Waals surface area contributed by atoms with Gasteiger partial charge >= 0.3 is 6.03 Å². The van der Waals surface area contributed by atoms with Crippen LogP contribution in [-0.4, -0.2) is 30.7 Å². The average Bonchev–Trinajstić information content (AvgIpc) is 2.59. The molecule has 26 heavy (non-hydrogen) atoms. The van der Waals surface area contributed by atoms with E-state index in [1.807, 2.05) is 70.2 Å². The van der Waals surface area contributed by atoms with Gasteiger partial charge in [-0.3, -0.25) is 4.79 Å². The van der Waals surface area contributed by atoms with Crippen LogP contribution in [0.1, 0.15) is 34.1 Å². The predicted molar refractivity (Wildman–Crippen MR) is 106 cm³/mol. The molecule has 0 saturated heterocycles. The van der Waals surface area contributed by atoms with Crippen LogP contribution in [0.5, 0.6) is 0 Å². The Labute approximate surface area is 154 Å². The maximum absolute atomic E-state index is 12.4. The predicted octanol–water partition coefficient (Wildman–Crippen LogP) is 4.85. The third kappa shape index (κ3) is 5.49. The molecule has 2 aromatic carbocycles. The number of nitrogens with zero attached hydrogens (tertiary/aromatic N) is 1. The number of urea groups is 1. The lowest BCUT2D eigenvalue weighted by Crippen LogP contribution is -2.26. The van der Waals surface area contributed by atoms with Crippen LogP contribution in [0.25, 0.3) is 10.8 Å². The number of nitrogens with one attached hydrogen (secondary N) is 1. The lowest BCUT2D eigenvalue weighted by Gasteiger charge is -2.17. The van der Waals surface area contributed by atoms with Gasteiger partial charge < -0.3 is 10.1 Å². The van der Waals surface area contributed by atoms with Crippen LogP contribution in [0.3, 0.4) is 0 Å². The second kappa shape index (κ2) is 8.72. The SMILES string of the molecule is CCOCC(CC(=O)C(C)(C)C)=NC(=O)Nc1cccc2ccccc12. The summed E-state index contributed by atoms with van der Waals surface area (Å²) in [7, 11) is 0. The Bertz CT molecular complexity index is 814. The third-order valence-corrected chi connectivity index (χ3v) is 3.96. The molecule has 2 amide bonds. The van der Waals surface area contributed by atoms with E-state index in [1.165, 1.54) is 0 Å². The number of carbonyl (C=O) groups excluding carboxylic acids is 2. The van der Waals surface area contributed by atoms with Gasteiger partial charge in [-0.2, -0.15) is 4.99 Å². The molecule has 0 aromatic heterocycles. The fourth-order valence-corrected chi connectivity index (χ4v) is 2.41. The molecule has 0 aliphatic heterocycles. The number of amides is 2. The number of anilines is 1. The number of hydrogen-bond donors (Lipinski definition) is 1. The monoisotopic (exact) mass is 354 g/mol. The van der Waals surface area contributed by atoms with Crippen molar-refractivity contribution in [3.63, 3.8) is 0 Å². The summed E-state index contributed by atoms with van der Waals surface area (Å²) in [4.78, 5) is 28.8. The van der Waals surface area contributed by atoms with Crippen LogP contribution < -0.4 is 5.32 Å². The van der Waals surface area contributed by atoms with Gasteiger partial charge in [0.2, 0.25) is 0 Å². The first-order valence-electron chi connectivity index (χ1n) is 8.77. The van der Waals surface area contributed by atoms with E-state index in [9.17, 15) is 9.59 Å². The summed E-state index contributed by atoms with van der Waals surface area (Å²) in [5.41, 5.74) is 0.637. The summed E-state index contributed by atoms with van der Waals surface area (Å²) in [5, 5.41) is 4.78. The van der Waals surface area contributed by atoms with Crippen molar-refractivity contribution in [1.29, 1.82) is 0 Å². The van der Waals surface area contributed by atoms with Crippen molar-refractivity contribution in [2.24, 2.45) is 10.4 Å². The average molecular weight is 354 g/mol. The Morgan fingerprint density at radius 1 is 1.08 bits per heavy atom. The lowest BCUT2D eigenvalue weighted by atomic mass is 9.88. The summed E-state index contributed by atoms with van der Waals surface area (Å²) in [6.45, 7) is 8.08. The van der Waals surface area contributed by atoms with Gasteiger partial charge in [-0.1, -0.05) is 57.2 Å². The van der Waals surface area contributed by atoms with Crippen molar-refractivity contribution in [2.45, 2.75) is 34.1 Å². The number of hydrogen-bond acceptors (Lipinski definition) is 3. The van der Waals surface area contributed by atoms with Crippen molar-refractivity contribution in [1.82, 2.24) is 0 Å². The van der Waals surface area contributed by atoms with Gasteiger partial charge in [-0.05, 0) is 18.4 Å². The van der Waals surface area contributed by atoms with Crippen molar-refractivity contribution >= 4 is 34.0 Å². The number of ketones is 1. The van der Waals surface area contributed by atoms with Crippen LogP contribution in [0.15, 0.2) is 47.5 Å². The first kappa shape index (κ1) is 19.8. The Hall–Kier alpha value is -2.53. The molecule has 0 aliphatic rings. The Morgan fingerprint density at radius 3 is 2.46 bits per heavy atom. The van der Waals surface area contributed by atoms with Crippen molar-refractivity contribution in [2.75, 3.05) is 18.5 Å². The number of Topliss-reactive ketones (excluding diaryl/α,β-unsaturated/α-hetero) is 1. The summed E-state index contributed by atoms with van der Waals surface area (Å²) in [6, 6.07) is 13.0. The molecule has 5 heteroatoms. The van der Waals surface area contributed by atoms with E-state index in [1.54, 1.807) is 0 Å². The number of carbonyl (C=O) groups is 2. The number of fused-ring (bicyclic) bond motifs is 1. The van der Waals surface area contributed by atoms with Gasteiger partial charge in [-0.25, -0.2) is 4.79 Å². The standard InChI is InChI=1S/C21H26N2O3/c1-5-26-14-16(13-19(24)21(2,3)4)22-20(25)23-18-12-8-10-15-9-6-7-11-17(15)18/h6-12H,5,13-14H2,1-4H3,(H,23,25). The first-order valence-corrected chi connectivity index (χ1v) is 8.77. The molecule has 0 bridgehead atoms. The van der Waals surface area contributed by atoms with Crippen LogP contribution in [0, 0.1) is 5.41 Å². The molecule has 0 radical (unpaired) electrons. The van der Waals surface area contributed by atoms with E-state index in [-0.39, 0.29) is 18.8 Å². The fourth-order valence-electron chi connectivity index (χ4n) is 2.41. The zero-order chi connectivity index (χ0) is 19.2. The minimum absolute atomic E-state index is 0.0221. The van der Waals surface area contributed by atoms with Gasteiger partial charge in [0.15, 0.2) is 0 Å². The number of ether oxygens (including phenoxy) is 1. The molecule has 0 heterocycles. The van der Waals surface area contributed by atoms with E-state index < -0.39 is 11.4 Å². The molecule has 0 spiro atoms. The molecule has 1 N–H and O–H groups in total. The van der Waals surface area contributed by atoms with Crippen molar-refractivity contribution in [3.05, 3.63) is 42.5 Å². The molecule has 0 saturated carbocycles. The summed E-state index contributed by atoms with van der Waals surface area (Å²) in [5.74, 6) is 0.0221. The van der Waals surface area contributed by atoms with E-state index in [0.717, 1.165) is 10.8 Å². The summed E-state index contributed by atoms with van der Waals surface area (Å²) >= 11 is 0. The maximum Gasteiger partial charge on any atom is 0.345 e. The molecule has 2 aromatic rings. The molecule has 0 atom stereocenters. The van der Waals surface area contributed by atoms with E-state index in [0.29, 0.717) is 18.0 Å². The topological polar surface area (TPSA) is 67.8 Å². The molecule has 0 fully saturated rings. The summed E-state index contributed by atoms with van der Waals surface area (Å²) in [6.07, 6.45) is 0.104. The second-order valence-corrected chi connectivity index (χ2v) is 7.12. The molecule has 138 valence electrons. The van der Waals surface area contributed by atoms with Crippen LogP contribution in [0.2, 0.25) is 0 Å². The van der Waals surface area contributed by atoms with Crippen LogP contribution in [-0.2, 0) is 9.53 Å². The Morgan fingerprint density at radius 2 is 1.77 bits per heavy atom. The fraction of sp³-hybridized carbons (Fsp3) is 0.381. The van der Waals surface area contributed by atoms with E-state index in [4.69, 9.17) is 4.74 Å². The van der Waals surface area contributed by atoms with Gasteiger partial charge in [-0.15, -0.1) is 0 Å². The second-order valence-electron chi connectivity index (χ2n) is 7.12. The van der Waals surface area contributed by atoms with Gasteiger partial charge in [0.1, 0.15) is 5.78 Å². The van der Waals surface area contributed by atoms with Gasteiger partial charge in [0.25, 0.3) is 0 Å². The number of rotatable bonds is 6. The highest BCUT2D eigenvalue weighted by atomic mass is 16.5. The smallest absolute Gasteiger partial charge is 0.345 e. The zero-order valence-electron chi connectivity index (χ0n) is 15.8. The summed E-state index contributed by atoms with van der Waals surface area (Å²) < 4.78 is 5.37. The minimum Gasteiger partial charge on any atom is -0.376 e. The normalized spacial score (nSPS) is 12.2. The molecule has 5 nitrogen and oxygen atoms in total. The highest BCUT2D eigenvalue weighted by molar-refractivity contribution is 6.11. The number of aliphatic imine (C=N–C) groups is 1. The lowest BCUT2D eigenvalue weighted by molar-refractivity contribution is -0.125. The molecular formula is C21H26N2O3. The van der Waals surface area contributed by atoms with E-state index >= 15 is 0 Å². The maximum atomic E-state index is 12.4. The van der Waals surface area contributed by atoms with Crippen LogP contribution in [0.4, 0.5) is 10.5 Å². The highest BCUT2D eigenvalue weighted by Crippen LogP contribution is 2.23. The molecule has 0 aliphatic carbocycles. The zero-order valence-corrected chi connectivity index (χ0v) is 15.8. The molecule has 0 unspecified atom stereocenters. The quantitative estimate of drug-likeness (QED) is 0.754. The van der Waals surface area contributed by atoms with Crippen molar-refractivity contribution < 1.29 is 14.3 Å². The van der Waals surface area contributed by atoms with Gasteiger partial charge in [0.05, 0.1) is 18.0 Å². The van der Waals surface area contributed by atoms with E-state index in [2.05, 4.69) is 10.3 Å². The third-order valence-electron chi connectivity index (χ3n) is 3.96. The highest BCUT2D eigenvalue weighted by Gasteiger charge is 2.23. The largest absolute Gasteiger partial charge is 0.376 e. The van der Waals surface area contributed by atoms with Crippen LogP contribution >= 0.6 is 0 Å². The molecule has 2 rings (SSSR count). The Balaban J connectivity index is 2.19. The Kier molecular flexibility index (Phi) is 6.64. The van der Waals surface area contributed by atoms with Gasteiger partial charge in [0, 0.05) is 23.8 Å². The minimum atomic E-state index is -0.502. The molecular weight excluding hydrogens is 328 g/mol. The number of benzene rings is 2.